The third-order valence-corrected chi connectivity index (χ3v) is 5.58. The van der Waals surface area contributed by atoms with Gasteiger partial charge in [-0.2, -0.15) is 0 Å². The Labute approximate surface area is 155 Å². The van der Waals surface area contributed by atoms with Crippen LogP contribution < -0.4 is 0 Å². The topological polar surface area (TPSA) is 23.5 Å². The van der Waals surface area contributed by atoms with Gasteiger partial charge in [0.25, 0.3) is 0 Å². The summed E-state index contributed by atoms with van der Waals surface area (Å²) in [6.45, 7) is 1.88. The first-order chi connectivity index (χ1) is 12.8. The highest BCUT2D eigenvalue weighted by Crippen LogP contribution is 2.56. The molecule has 0 radical (unpaired) electrons. The molecule has 1 saturated carbocycles. The Kier molecular flexibility index (Phi) is 4.87. The zero-order valence-electron chi connectivity index (χ0n) is 15.0. The molecule has 1 aliphatic rings. The van der Waals surface area contributed by atoms with E-state index in [9.17, 15) is 5.11 Å². The van der Waals surface area contributed by atoms with E-state index in [0.717, 1.165) is 19.5 Å². The van der Waals surface area contributed by atoms with Crippen LogP contribution >= 0.6 is 0 Å². The second kappa shape index (κ2) is 7.45. The van der Waals surface area contributed by atoms with Crippen LogP contribution in [-0.2, 0) is 13.1 Å². The first-order valence-electron chi connectivity index (χ1n) is 9.30. The minimum absolute atomic E-state index is 0.174. The van der Waals surface area contributed by atoms with Crippen molar-refractivity contribution < 1.29 is 5.11 Å². The second-order valence-corrected chi connectivity index (χ2v) is 7.26. The summed E-state index contributed by atoms with van der Waals surface area (Å²) >= 11 is 0. The lowest BCUT2D eigenvalue weighted by Crippen LogP contribution is -2.40. The Morgan fingerprint density at radius 3 is 1.65 bits per heavy atom. The first-order valence-corrected chi connectivity index (χ1v) is 9.30. The van der Waals surface area contributed by atoms with Crippen LogP contribution in [0.1, 0.15) is 29.0 Å². The molecule has 4 rings (SSSR count). The summed E-state index contributed by atoms with van der Waals surface area (Å²) in [5, 5.41) is 10.4. The zero-order chi connectivity index (χ0) is 17.8. The fourth-order valence-electron chi connectivity index (χ4n) is 4.01. The molecule has 0 spiro atoms. The molecule has 0 saturated heterocycles. The fourth-order valence-corrected chi connectivity index (χ4v) is 4.01. The summed E-state index contributed by atoms with van der Waals surface area (Å²) in [4.78, 5) is 2.47. The Balaban J connectivity index is 1.63. The molecule has 0 bridgehead atoms. The average molecular weight is 343 g/mol. The molecule has 26 heavy (non-hydrogen) atoms. The summed E-state index contributed by atoms with van der Waals surface area (Å²) in [5.74, 6) is 0.390. The first kappa shape index (κ1) is 17.0. The van der Waals surface area contributed by atoms with Crippen LogP contribution in [0.25, 0.3) is 0 Å². The second-order valence-electron chi connectivity index (χ2n) is 7.26. The lowest BCUT2D eigenvalue weighted by molar-refractivity contribution is 0.0868. The third kappa shape index (κ3) is 3.44. The number of benzene rings is 3. The van der Waals surface area contributed by atoms with Crippen molar-refractivity contribution >= 4 is 0 Å². The van der Waals surface area contributed by atoms with Crippen molar-refractivity contribution in [2.75, 3.05) is 6.61 Å². The number of aliphatic hydroxyl groups excluding tert-OH is 1. The van der Waals surface area contributed by atoms with Crippen LogP contribution in [0, 0.1) is 0 Å². The Morgan fingerprint density at radius 2 is 1.19 bits per heavy atom. The molecule has 2 atom stereocenters. The molecule has 0 unspecified atom stereocenters. The zero-order valence-corrected chi connectivity index (χ0v) is 15.0. The van der Waals surface area contributed by atoms with Crippen LogP contribution in [0.4, 0.5) is 0 Å². The van der Waals surface area contributed by atoms with Gasteiger partial charge in [-0.25, -0.2) is 0 Å². The fraction of sp³-hybridized carbons (Fsp3) is 0.250. The number of hydrogen-bond donors (Lipinski definition) is 1. The van der Waals surface area contributed by atoms with Crippen LogP contribution in [0.15, 0.2) is 91.0 Å². The van der Waals surface area contributed by atoms with E-state index in [-0.39, 0.29) is 12.1 Å². The smallest absolute Gasteiger partial charge is 0.0621 e. The molecule has 3 aromatic carbocycles. The van der Waals surface area contributed by atoms with E-state index in [2.05, 4.69) is 95.9 Å². The summed E-state index contributed by atoms with van der Waals surface area (Å²) in [6, 6.07) is 31.7. The van der Waals surface area contributed by atoms with Gasteiger partial charge in [0, 0.05) is 19.0 Å². The SMILES string of the molecule is OC[C@@]1(N(Cc2ccccc2)Cc2ccccc2)C[C@H]1c1ccccc1. The summed E-state index contributed by atoms with van der Waals surface area (Å²) in [6.07, 6.45) is 1.01. The van der Waals surface area contributed by atoms with E-state index in [1.807, 2.05) is 0 Å². The monoisotopic (exact) mass is 343 g/mol. The molecular weight excluding hydrogens is 318 g/mol. The van der Waals surface area contributed by atoms with Gasteiger partial charge in [0.05, 0.1) is 12.1 Å². The van der Waals surface area contributed by atoms with Crippen molar-refractivity contribution in [1.29, 1.82) is 0 Å². The van der Waals surface area contributed by atoms with Crippen molar-refractivity contribution in [2.24, 2.45) is 0 Å². The Hall–Kier alpha value is -2.42. The van der Waals surface area contributed by atoms with E-state index >= 15 is 0 Å². The Bertz CT molecular complexity index is 777. The van der Waals surface area contributed by atoms with Gasteiger partial charge in [-0.1, -0.05) is 91.0 Å². The molecule has 0 heterocycles. The normalized spacial score (nSPS) is 21.7. The van der Waals surface area contributed by atoms with Gasteiger partial charge in [-0.15, -0.1) is 0 Å². The van der Waals surface area contributed by atoms with E-state index < -0.39 is 0 Å². The predicted molar refractivity (Wildman–Crippen MR) is 106 cm³/mol. The van der Waals surface area contributed by atoms with Gasteiger partial charge in [0.1, 0.15) is 0 Å². The highest BCUT2D eigenvalue weighted by Gasteiger charge is 2.58. The number of nitrogens with zero attached hydrogens (tertiary/aromatic N) is 1. The molecule has 2 nitrogen and oxygen atoms in total. The summed E-state index contributed by atoms with van der Waals surface area (Å²) < 4.78 is 0. The van der Waals surface area contributed by atoms with Crippen molar-refractivity contribution in [1.82, 2.24) is 4.90 Å². The maximum atomic E-state index is 10.4. The molecule has 1 fully saturated rings. The van der Waals surface area contributed by atoms with Gasteiger partial charge in [-0.3, -0.25) is 4.90 Å². The predicted octanol–water partition coefficient (Wildman–Crippen LogP) is 4.61. The summed E-state index contributed by atoms with van der Waals surface area (Å²) in [7, 11) is 0. The van der Waals surface area contributed by atoms with Crippen LogP contribution in [0.2, 0.25) is 0 Å². The van der Waals surface area contributed by atoms with E-state index in [0.29, 0.717) is 5.92 Å². The molecule has 1 N–H and O–H groups in total. The molecular formula is C24H25NO. The van der Waals surface area contributed by atoms with Crippen LogP contribution in [0.5, 0.6) is 0 Å². The number of rotatable bonds is 7. The largest absolute Gasteiger partial charge is 0.394 e. The minimum Gasteiger partial charge on any atom is -0.394 e. The van der Waals surface area contributed by atoms with Crippen LogP contribution in [-0.4, -0.2) is 22.2 Å². The maximum absolute atomic E-state index is 10.4. The molecule has 3 aromatic rings. The summed E-state index contributed by atoms with van der Waals surface area (Å²) in [5.41, 5.74) is 3.73. The van der Waals surface area contributed by atoms with Crippen molar-refractivity contribution in [3.05, 3.63) is 108 Å². The van der Waals surface area contributed by atoms with Gasteiger partial charge in [0.2, 0.25) is 0 Å². The highest BCUT2D eigenvalue weighted by molar-refractivity contribution is 5.34. The minimum atomic E-state index is -0.174. The molecule has 0 amide bonds. The molecule has 0 aliphatic heterocycles. The maximum Gasteiger partial charge on any atom is 0.0621 e. The van der Waals surface area contributed by atoms with Crippen molar-refractivity contribution in [3.63, 3.8) is 0 Å². The third-order valence-electron chi connectivity index (χ3n) is 5.58. The van der Waals surface area contributed by atoms with Gasteiger partial charge < -0.3 is 5.11 Å². The van der Waals surface area contributed by atoms with Gasteiger partial charge >= 0.3 is 0 Å². The van der Waals surface area contributed by atoms with Crippen molar-refractivity contribution in [2.45, 2.75) is 31.0 Å². The lowest BCUT2D eigenvalue weighted by atomic mass is 10.0. The van der Waals surface area contributed by atoms with E-state index in [1.165, 1.54) is 16.7 Å². The van der Waals surface area contributed by atoms with Crippen molar-refractivity contribution in [3.8, 4) is 0 Å². The number of aliphatic hydroxyl groups is 1. The van der Waals surface area contributed by atoms with Gasteiger partial charge in [0.15, 0.2) is 0 Å². The molecule has 132 valence electrons. The highest BCUT2D eigenvalue weighted by atomic mass is 16.3. The lowest BCUT2D eigenvalue weighted by Gasteiger charge is -2.32. The number of hydrogen-bond acceptors (Lipinski definition) is 2. The molecule has 1 aliphatic carbocycles. The Morgan fingerprint density at radius 1 is 0.731 bits per heavy atom. The van der Waals surface area contributed by atoms with Crippen LogP contribution in [0.3, 0.4) is 0 Å². The quantitative estimate of drug-likeness (QED) is 0.677. The van der Waals surface area contributed by atoms with E-state index in [4.69, 9.17) is 0 Å². The van der Waals surface area contributed by atoms with E-state index in [1.54, 1.807) is 0 Å². The van der Waals surface area contributed by atoms with Gasteiger partial charge in [-0.05, 0) is 23.1 Å². The molecule has 2 heteroatoms. The average Bonchev–Trinajstić information content (AvgIpc) is 3.46. The molecule has 0 aromatic heterocycles. The standard InChI is InChI=1S/C24H25NO/c26-19-24(16-23(24)22-14-8-3-9-15-22)25(17-20-10-4-1-5-11-20)18-21-12-6-2-7-13-21/h1-15,23,26H,16-19H2/t23-,24-/m0/s1.